The quantitative estimate of drug-likeness (QED) is 0.850. The number of nitrogens with zero attached hydrogens (tertiary/aromatic N) is 1. The van der Waals surface area contributed by atoms with E-state index >= 15 is 0 Å². The highest BCUT2D eigenvalue weighted by Crippen LogP contribution is 2.14. The van der Waals surface area contributed by atoms with Gasteiger partial charge in [0.2, 0.25) is 5.88 Å². The van der Waals surface area contributed by atoms with Crippen molar-refractivity contribution in [3.05, 3.63) is 23.4 Å². The number of carboxylic acids is 1. The molecule has 0 amide bonds. The van der Waals surface area contributed by atoms with Crippen LogP contribution in [0.1, 0.15) is 20.8 Å². The summed E-state index contributed by atoms with van der Waals surface area (Å²) in [6, 6.07) is 3.41. The summed E-state index contributed by atoms with van der Waals surface area (Å²) < 4.78 is 5.30. The third kappa shape index (κ3) is 9.02. The summed E-state index contributed by atoms with van der Waals surface area (Å²) in [5.41, 5.74) is 0. The molecule has 0 aliphatic carbocycles. The van der Waals surface area contributed by atoms with E-state index in [1.54, 1.807) is 18.3 Å². The van der Waals surface area contributed by atoms with Gasteiger partial charge in [-0.3, -0.25) is 4.79 Å². The van der Waals surface area contributed by atoms with Crippen molar-refractivity contribution in [3.63, 3.8) is 0 Å². The van der Waals surface area contributed by atoms with Crippen molar-refractivity contribution < 1.29 is 14.6 Å². The molecule has 0 saturated carbocycles. The standard InChI is InChI=1S/C8H10ClNO.C2H4O2/c1-6(2)11-8-5-7(9)3-4-10-8;1-2(3)4/h3-6H,1-2H3;1H3,(H,3,4). The zero-order valence-electron chi connectivity index (χ0n) is 8.90. The summed E-state index contributed by atoms with van der Waals surface area (Å²) in [5, 5.41) is 8.07. The normalized spacial score (nSPS) is 9.13. The number of rotatable bonds is 2. The first-order chi connectivity index (χ1) is 6.91. The van der Waals surface area contributed by atoms with Crippen LogP contribution in [-0.4, -0.2) is 22.2 Å². The Morgan fingerprint density at radius 1 is 1.60 bits per heavy atom. The Labute approximate surface area is 93.9 Å². The van der Waals surface area contributed by atoms with Crippen molar-refractivity contribution in [2.24, 2.45) is 0 Å². The van der Waals surface area contributed by atoms with Gasteiger partial charge in [0.1, 0.15) is 0 Å². The molecule has 0 fully saturated rings. The van der Waals surface area contributed by atoms with E-state index in [1.165, 1.54) is 0 Å². The predicted molar refractivity (Wildman–Crippen MR) is 58.3 cm³/mol. The number of carbonyl (C=O) groups is 1. The Balaban J connectivity index is 0.000000423. The first-order valence-corrected chi connectivity index (χ1v) is 4.77. The van der Waals surface area contributed by atoms with Gasteiger partial charge in [0.25, 0.3) is 5.97 Å². The molecule has 0 aliphatic heterocycles. The van der Waals surface area contributed by atoms with Crippen LogP contribution in [0.2, 0.25) is 5.02 Å². The third-order valence-electron chi connectivity index (χ3n) is 1.05. The van der Waals surface area contributed by atoms with Crippen LogP contribution in [0, 0.1) is 0 Å². The Kier molecular flexibility index (Phi) is 6.45. The van der Waals surface area contributed by atoms with Crippen molar-refractivity contribution >= 4 is 17.6 Å². The Bertz CT molecular complexity index is 311. The number of hydrogen-bond donors (Lipinski definition) is 1. The highest BCUT2D eigenvalue weighted by molar-refractivity contribution is 6.30. The van der Waals surface area contributed by atoms with Gasteiger partial charge in [-0.15, -0.1) is 0 Å². The van der Waals surface area contributed by atoms with E-state index in [4.69, 9.17) is 26.2 Å². The lowest BCUT2D eigenvalue weighted by molar-refractivity contribution is -0.134. The molecule has 0 radical (unpaired) electrons. The topological polar surface area (TPSA) is 59.4 Å². The van der Waals surface area contributed by atoms with Gasteiger partial charge >= 0.3 is 0 Å². The molecule has 0 atom stereocenters. The first-order valence-electron chi connectivity index (χ1n) is 4.39. The van der Waals surface area contributed by atoms with Gasteiger partial charge in [0.05, 0.1) is 6.10 Å². The van der Waals surface area contributed by atoms with Crippen LogP contribution >= 0.6 is 11.6 Å². The maximum absolute atomic E-state index is 9.00. The highest BCUT2D eigenvalue weighted by Gasteiger charge is 1.97. The largest absolute Gasteiger partial charge is 0.481 e. The maximum Gasteiger partial charge on any atom is 0.300 e. The van der Waals surface area contributed by atoms with Crippen LogP contribution in [0.4, 0.5) is 0 Å². The molecular formula is C10H14ClNO3. The van der Waals surface area contributed by atoms with E-state index in [0.29, 0.717) is 10.9 Å². The minimum absolute atomic E-state index is 0.140. The number of pyridine rings is 1. The van der Waals surface area contributed by atoms with Crippen molar-refractivity contribution in [1.82, 2.24) is 4.98 Å². The average Bonchev–Trinajstić information content (AvgIpc) is 2.00. The second kappa shape index (κ2) is 7.06. The van der Waals surface area contributed by atoms with Gasteiger partial charge in [-0.1, -0.05) is 11.6 Å². The predicted octanol–water partition coefficient (Wildman–Crippen LogP) is 2.61. The molecule has 0 spiro atoms. The lowest BCUT2D eigenvalue weighted by atomic mass is 10.4. The van der Waals surface area contributed by atoms with Gasteiger partial charge in [-0.2, -0.15) is 0 Å². The number of halogens is 1. The fourth-order valence-corrected chi connectivity index (χ4v) is 0.841. The molecule has 1 heterocycles. The summed E-state index contributed by atoms with van der Waals surface area (Å²) in [6.07, 6.45) is 1.76. The molecule has 1 rings (SSSR count). The molecule has 4 nitrogen and oxygen atoms in total. The molecule has 0 bridgehead atoms. The molecule has 5 heteroatoms. The van der Waals surface area contributed by atoms with Gasteiger partial charge in [-0.05, 0) is 19.9 Å². The molecule has 0 aromatic carbocycles. The van der Waals surface area contributed by atoms with Crippen molar-refractivity contribution in [2.45, 2.75) is 26.9 Å². The summed E-state index contributed by atoms with van der Waals surface area (Å²) in [6.45, 7) is 4.98. The number of aromatic nitrogens is 1. The molecule has 0 aliphatic rings. The van der Waals surface area contributed by atoms with E-state index in [-0.39, 0.29) is 6.10 Å². The van der Waals surface area contributed by atoms with Crippen molar-refractivity contribution in [3.8, 4) is 5.88 Å². The highest BCUT2D eigenvalue weighted by atomic mass is 35.5. The van der Waals surface area contributed by atoms with Crippen LogP contribution in [0.15, 0.2) is 18.3 Å². The summed E-state index contributed by atoms with van der Waals surface area (Å²) in [5.74, 6) is -0.257. The first kappa shape index (κ1) is 13.7. The van der Waals surface area contributed by atoms with E-state index in [9.17, 15) is 0 Å². The van der Waals surface area contributed by atoms with Crippen LogP contribution in [-0.2, 0) is 4.79 Å². The lowest BCUT2D eigenvalue weighted by Gasteiger charge is -2.07. The molecule has 0 unspecified atom stereocenters. The Morgan fingerprint density at radius 3 is 2.53 bits per heavy atom. The lowest BCUT2D eigenvalue weighted by Crippen LogP contribution is -2.06. The molecule has 1 aromatic heterocycles. The van der Waals surface area contributed by atoms with E-state index in [1.807, 2.05) is 13.8 Å². The zero-order valence-corrected chi connectivity index (χ0v) is 9.65. The Morgan fingerprint density at radius 2 is 2.13 bits per heavy atom. The monoisotopic (exact) mass is 231 g/mol. The zero-order chi connectivity index (χ0) is 11.8. The average molecular weight is 232 g/mol. The van der Waals surface area contributed by atoms with Gasteiger partial charge in [0.15, 0.2) is 0 Å². The van der Waals surface area contributed by atoms with Crippen LogP contribution in [0.5, 0.6) is 5.88 Å². The molecule has 1 N–H and O–H groups in total. The number of carboxylic acid groups (broad SMARTS) is 1. The number of aliphatic carboxylic acids is 1. The molecule has 1 aromatic rings. The molecule has 84 valence electrons. The van der Waals surface area contributed by atoms with Crippen molar-refractivity contribution in [1.29, 1.82) is 0 Å². The maximum atomic E-state index is 9.00. The molecule has 0 saturated heterocycles. The smallest absolute Gasteiger partial charge is 0.300 e. The summed E-state index contributed by atoms with van der Waals surface area (Å²) in [7, 11) is 0. The van der Waals surface area contributed by atoms with Gasteiger partial charge in [-0.25, -0.2) is 4.98 Å². The van der Waals surface area contributed by atoms with Crippen LogP contribution in [0.3, 0.4) is 0 Å². The second-order valence-corrected chi connectivity index (χ2v) is 3.43. The van der Waals surface area contributed by atoms with Crippen LogP contribution < -0.4 is 4.74 Å². The minimum atomic E-state index is -0.833. The van der Waals surface area contributed by atoms with Gasteiger partial charge in [0, 0.05) is 24.2 Å². The number of ether oxygens (including phenoxy) is 1. The SMILES string of the molecule is CC(=O)O.CC(C)Oc1cc(Cl)ccn1. The van der Waals surface area contributed by atoms with Gasteiger partial charge < -0.3 is 9.84 Å². The fraction of sp³-hybridized carbons (Fsp3) is 0.400. The van der Waals surface area contributed by atoms with E-state index in [0.717, 1.165) is 6.92 Å². The summed E-state index contributed by atoms with van der Waals surface area (Å²) >= 11 is 5.71. The summed E-state index contributed by atoms with van der Waals surface area (Å²) in [4.78, 5) is 13.0. The van der Waals surface area contributed by atoms with Crippen LogP contribution in [0.25, 0.3) is 0 Å². The minimum Gasteiger partial charge on any atom is -0.481 e. The van der Waals surface area contributed by atoms with E-state index in [2.05, 4.69) is 4.98 Å². The van der Waals surface area contributed by atoms with E-state index < -0.39 is 5.97 Å². The third-order valence-corrected chi connectivity index (χ3v) is 1.29. The fourth-order valence-electron chi connectivity index (χ4n) is 0.691. The second-order valence-electron chi connectivity index (χ2n) is 3.00. The Hall–Kier alpha value is -1.29. The van der Waals surface area contributed by atoms with Crippen molar-refractivity contribution in [2.75, 3.05) is 0 Å². The number of hydrogen-bond acceptors (Lipinski definition) is 3. The molecular weight excluding hydrogens is 218 g/mol. The molecule has 15 heavy (non-hydrogen) atoms.